The first-order valence-electron chi connectivity index (χ1n) is 4.88. The van der Waals surface area contributed by atoms with Gasteiger partial charge < -0.3 is 5.11 Å². The molecule has 0 amide bonds. The lowest BCUT2D eigenvalue weighted by molar-refractivity contribution is 0.171. The van der Waals surface area contributed by atoms with Gasteiger partial charge in [-0.25, -0.2) is 0 Å². The highest BCUT2D eigenvalue weighted by Crippen LogP contribution is 2.17. The third-order valence-corrected chi connectivity index (χ3v) is 2.27. The molecule has 0 aromatic carbocycles. The van der Waals surface area contributed by atoms with E-state index in [1.165, 1.54) is 25.7 Å². The van der Waals surface area contributed by atoms with Crippen molar-refractivity contribution < 1.29 is 5.11 Å². The zero-order valence-electron chi connectivity index (χ0n) is 8.14. The Kier molecular flexibility index (Phi) is 6.63. The second-order valence-corrected chi connectivity index (χ2v) is 3.49. The molecular weight excluding hydrogens is 136 g/mol. The molecule has 0 fully saturated rings. The minimum absolute atomic E-state index is 0.110. The Hall–Kier alpha value is -0.0400. The van der Waals surface area contributed by atoms with E-state index in [1.807, 2.05) is 6.92 Å². The lowest BCUT2D eigenvalue weighted by Crippen LogP contribution is -2.05. The van der Waals surface area contributed by atoms with Crippen molar-refractivity contribution >= 4 is 0 Å². The molecule has 2 unspecified atom stereocenters. The van der Waals surface area contributed by atoms with Crippen molar-refractivity contribution in [3.8, 4) is 0 Å². The third kappa shape index (κ3) is 6.36. The van der Waals surface area contributed by atoms with Gasteiger partial charge in [-0.1, -0.05) is 33.1 Å². The van der Waals surface area contributed by atoms with Crippen molar-refractivity contribution in [2.24, 2.45) is 5.92 Å². The van der Waals surface area contributed by atoms with Gasteiger partial charge in [-0.3, -0.25) is 0 Å². The lowest BCUT2D eigenvalue weighted by Gasteiger charge is -2.14. The van der Waals surface area contributed by atoms with Gasteiger partial charge in [-0.15, -0.1) is 0 Å². The van der Waals surface area contributed by atoms with Crippen LogP contribution < -0.4 is 0 Å². The Morgan fingerprint density at radius 2 is 1.73 bits per heavy atom. The summed E-state index contributed by atoms with van der Waals surface area (Å²) in [6, 6.07) is 0. The van der Waals surface area contributed by atoms with E-state index in [2.05, 4.69) is 13.8 Å². The average molecular weight is 158 g/mol. The molecular formula is C10H22O. The largest absolute Gasteiger partial charge is 0.393 e. The Morgan fingerprint density at radius 1 is 1.09 bits per heavy atom. The number of aliphatic hydroxyl groups excluding tert-OH is 1. The molecule has 0 aliphatic rings. The molecule has 0 aliphatic heterocycles. The molecule has 0 saturated carbocycles. The SMILES string of the molecule is CCCC(CC)CCC(C)O. The molecule has 0 aliphatic carbocycles. The maximum Gasteiger partial charge on any atom is 0.0512 e. The lowest BCUT2D eigenvalue weighted by atomic mass is 9.94. The van der Waals surface area contributed by atoms with Crippen LogP contribution in [0, 0.1) is 5.92 Å². The highest BCUT2D eigenvalue weighted by Gasteiger charge is 2.05. The van der Waals surface area contributed by atoms with E-state index in [1.54, 1.807) is 0 Å². The van der Waals surface area contributed by atoms with Crippen LogP contribution in [0.5, 0.6) is 0 Å². The fraction of sp³-hybridized carbons (Fsp3) is 1.00. The van der Waals surface area contributed by atoms with E-state index in [9.17, 15) is 0 Å². The van der Waals surface area contributed by atoms with Gasteiger partial charge in [-0.2, -0.15) is 0 Å². The summed E-state index contributed by atoms with van der Waals surface area (Å²) in [4.78, 5) is 0. The predicted octanol–water partition coefficient (Wildman–Crippen LogP) is 2.97. The second kappa shape index (κ2) is 6.66. The Bertz CT molecular complexity index is 78.9. The normalized spacial score (nSPS) is 16.4. The highest BCUT2D eigenvalue weighted by molar-refractivity contribution is 4.58. The minimum atomic E-state index is -0.110. The number of rotatable bonds is 6. The molecule has 0 spiro atoms. The zero-order chi connectivity index (χ0) is 8.69. The summed E-state index contributed by atoms with van der Waals surface area (Å²) in [5, 5.41) is 9.06. The van der Waals surface area contributed by atoms with Crippen molar-refractivity contribution in [3.63, 3.8) is 0 Å². The maximum absolute atomic E-state index is 9.06. The van der Waals surface area contributed by atoms with Crippen molar-refractivity contribution in [2.75, 3.05) is 0 Å². The van der Waals surface area contributed by atoms with Crippen LogP contribution in [0.3, 0.4) is 0 Å². The average Bonchev–Trinajstić information content (AvgIpc) is 1.97. The van der Waals surface area contributed by atoms with Gasteiger partial charge in [0.05, 0.1) is 6.10 Å². The van der Waals surface area contributed by atoms with Gasteiger partial charge in [0.1, 0.15) is 0 Å². The standard InChI is InChI=1S/C10H22O/c1-4-6-10(5-2)8-7-9(3)11/h9-11H,4-8H2,1-3H3. The third-order valence-electron chi connectivity index (χ3n) is 2.27. The summed E-state index contributed by atoms with van der Waals surface area (Å²) in [6.45, 7) is 6.34. The molecule has 0 saturated heterocycles. The van der Waals surface area contributed by atoms with Gasteiger partial charge >= 0.3 is 0 Å². The number of hydrogen-bond donors (Lipinski definition) is 1. The van der Waals surface area contributed by atoms with Crippen LogP contribution in [0.15, 0.2) is 0 Å². The molecule has 1 N–H and O–H groups in total. The molecule has 0 aromatic rings. The minimum Gasteiger partial charge on any atom is -0.393 e. The summed E-state index contributed by atoms with van der Waals surface area (Å²) in [6.07, 6.45) is 5.92. The second-order valence-electron chi connectivity index (χ2n) is 3.49. The fourth-order valence-corrected chi connectivity index (χ4v) is 1.44. The molecule has 0 heterocycles. The fourth-order valence-electron chi connectivity index (χ4n) is 1.44. The molecule has 1 nitrogen and oxygen atoms in total. The van der Waals surface area contributed by atoms with Gasteiger partial charge in [0, 0.05) is 0 Å². The highest BCUT2D eigenvalue weighted by atomic mass is 16.3. The molecule has 11 heavy (non-hydrogen) atoms. The van der Waals surface area contributed by atoms with E-state index in [0.717, 1.165) is 12.3 Å². The first-order valence-corrected chi connectivity index (χ1v) is 4.88. The molecule has 0 aromatic heterocycles. The van der Waals surface area contributed by atoms with Crippen LogP contribution >= 0.6 is 0 Å². The van der Waals surface area contributed by atoms with E-state index >= 15 is 0 Å². The smallest absolute Gasteiger partial charge is 0.0512 e. The first kappa shape index (κ1) is 11.0. The van der Waals surface area contributed by atoms with Crippen LogP contribution in [0.2, 0.25) is 0 Å². The molecule has 0 rings (SSSR count). The van der Waals surface area contributed by atoms with E-state index in [4.69, 9.17) is 5.11 Å². The van der Waals surface area contributed by atoms with Crippen LogP contribution in [-0.2, 0) is 0 Å². The van der Waals surface area contributed by atoms with Gasteiger partial charge in [0.25, 0.3) is 0 Å². The summed E-state index contributed by atoms with van der Waals surface area (Å²) < 4.78 is 0. The molecule has 0 bridgehead atoms. The topological polar surface area (TPSA) is 20.2 Å². The summed E-state index contributed by atoms with van der Waals surface area (Å²) in [5.41, 5.74) is 0. The van der Waals surface area contributed by atoms with E-state index in [0.29, 0.717) is 0 Å². The van der Waals surface area contributed by atoms with Crippen molar-refractivity contribution in [1.82, 2.24) is 0 Å². The van der Waals surface area contributed by atoms with Crippen LogP contribution in [0.4, 0.5) is 0 Å². The Balaban J connectivity index is 3.35. The monoisotopic (exact) mass is 158 g/mol. The first-order chi connectivity index (χ1) is 5.20. The van der Waals surface area contributed by atoms with Gasteiger partial charge in [-0.05, 0) is 25.7 Å². The van der Waals surface area contributed by atoms with Crippen LogP contribution in [0.1, 0.15) is 52.9 Å². The van der Waals surface area contributed by atoms with Crippen molar-refractivity contribution in [1.29, 1.82) is 0 Å². The summed E-state index contributed by atoms with van der Waals surface area (Å²) in [5.74, 6) is 0.842. The quantitative estimate of drug-likeness (QED) is 0.630. The maximum atomic E-state index is 9.06. The van der Waals surface area contributed by atoms with E-state index < -0.39 is 0 Å². The van der Waals surface area contributed by atoms with Gasteiger partial charge in [0.2, 0.25) is 0 Å². The predicted molar refractivity (Wildman–Crippen MR) is 49.6 cm³/mol. The van der Waals surface area contributed by atoms with Crippen molar-refractivity contribution in [2.45, 2.75) is 59.0 Å². The molecule has 1 heteroatoms. The zero-order valence-corrected chi connectivity index (χ0v) is 8.14. The van der Waals surface area contributed by atoms with Gasteiger partial charge in [0.15, 0.2) is 0 Å². The summed E-state index contributed by atoms with van der Waals surface area (Å²) in [7, 11) is 0. The van der Waals surface area contributed by atoms with Crippen molar-refractivity contribution in [3.05, 3.63) is 0 Å². The summed E-state index contributed by atoms with van der Waals surface area (Å²) >= 11 is 0. The van der Waals surface area contributed by atoms with Crippen LogP contribution in [-0.4, -0.2) is 11.2 Å². The number of hydrogen-bond acceptors (Lipinski definition) is 1. The Morgan fingerprint density at radius 3 is 2.09 bits per heavy atom. The molecule has 68 valence electrons. The number of aliphatic hydroxyl groups is 1. The molecule has 0 radical (unpaired) electrons. The molecule has 2 atom stereocenters. The Labute approximate surface area is 70.8 Å². The van der Waals surface area contributed by atoms with Crippen LogP contribution in [0.25, 0.3) is 0 Å². The van der Waals surface area contributed by atoms with E-state index in [-0.39, 0.29) is 6.10 Å².